The van der Waals surface area contributed by atoms with E-state index in [0.29, 0.717) is 17.9 Å². The zero-order chi connectivity index (χ0) is 16.2. The monoisotopic (exact) mass is 307 g/mol. The molecule has 0 spiro atoms. The number of hydrogen-bond acceptors (Lipinski definition) is 5. The van der Waals surface area contributed by atoms with Crippen molar-refractivity contribution < 1.29 is 0 Å². The van der Waals surface area contributed by atoms with Gasteiger partial charge in [0.25, 0.3) is 5.56 Å². The Bertz CT molecular complexity index is 874. The zero-order valence-corrected chi connectivity index (χ0v) is 13.0. The molecule has 0 atom stereocenters. The van der Waals surface area contributed by atoms with E-state index < -0.39 is 0 Å². The fourth-order valence-corrected chi connectivity index (χ4v) is 2.27. The van der Waals surface area contributed by atoms with Gasteiger partial charge in [0, 0.05) is 30.7 Å². The fourth-order valence-electron chi connectivity index (χ4n) is 2.27. The van der Waals surface area contributed by atoms with E-state index in [2.05, 4.69) is 20.4 Å². The summed E-state index contributed by atoms with van der Waals surface area (Å²) in [6.07, 6.45) is 6.89. The molecule has 6 nitrogen and oxygen atoms in total. The van der Waals surface area contributed by atoms with Gasteiger partial charge in [0.05, 0.1) is 17.6 Å². The SMILES string of the molecule is CCn1nc(-c2cncc(C)c2)cc(Nc2cccnc2)c1=O. The van der Waals surface area contributed by atoms with E-state index in [0.717, 1.165) is 16.8 Å². The van der Waals surface area contributed by atoms with Gasteiger partial charge in [-0.25, -0.2) is 4.68 Å². The predicted molar refractivity (Wildman–Crippen MR) is 89.7 cm³/mol. The van der Waals surface area contributed by atoms with Gasteiger partial charge in [-0.05, 0) is 43.7 Å². The van der Waals surface area contributed by atoms with Crippen molar-refractivity contribution in [3.8, 4) is 11.3 Å². The van der Waals surface area contributed by atoms with Gasteiger partial charge in [-0.1, -0.05) is 0 Å². The number of aryl methyl sites for hydroxylation is 2. The van der Waals surface area contributed by atoms with Gasteiger partial charge in [0.1, 0.15) is 5.69 Å². The number of anilines is 2. The summed E-state index contributed by atoms with van der Waals surface area (Å²) in [5, 5.41) is 7.53. The van der Waals surface area contributed by atoms with Gasteiger partial charge in [0.15, 0.2) is 0 Å². The summed E-state index contributed by atoms with van der Waals surface area (Å²) in [7, 11) is 0. The lowest BCUT2D eigenvalue weighted by Gasteiger charge is -2.11. The molecular weight excluding hydrogens is 290 g/mol. The summed E-state index contributed by atoms with van der Waals surface area (Å²) in [6, 6.07) is 7.41. The quantitative estimate of drug-likeness (QED) is 0.802. The molecular formula is C17H17N5O. The molecule has 3 aromatic rings. The van der Waals surface area contributed by atoms with Gasteiger partial charge in [0.2, 0.25) is 0 Å². The van der Waals surface area contributed by atoms with E-state index in [1.807, 2.05) is 32.0 Å². The smallest absolute Gasteiger partial charge is 0.290 e. The third-order valence-electron chi connectivity index (χ3n) is 3.39. The summed E-state index contributed by atoms with van der Waals surface area (Å²) < 4.78 is 1.44. The Morgan fingerprint density at radius 3 is 2.74 bits per heavy atom. The van der Waals surface area contributed by atoms with Crippen LogP contribution < -0.4 is 10.9 Å². The first-order chi connectivity index (χ1) is 11.2. The Kier molecular flexibility index (Phi) is 4.14. The number of nitrogens with one attached hydrogen (secondary N) is 1. The van der Waals surface area contributed by atoms with Crippen molar-refractivity contribution in [1.82, 2.24) is 19.7 Å². The van der Waals surface area contributed by atoms with Crippen molar-refractivity contribution in [2.24, 2.45) is 0 Å². The van der Waals surface area contributed by atoms with Gasteiger partial charge in [-0.15, -0.1) is 0 Å². The number of hydrogen-bond donors (Lipinski definition) is 1. The van der Waals surface area contributed by atoms with Crippen LogP contribution in [0.3, 0.4) is 0 Å². The van der Waals surface area contributed by atoms with E-state index in [4.69, 9.17) is 0 Å². The van der Waals surface area contributed by atoms with Crippen LogP contribution >= 0.6 is 0 Å². The van der Waals surface area contributed by atoms with Crippen LogP contribution in [0, 0.1) is 6.92 Å². The standard InChI is InChI=1S/C17H17N5O/c1-3-22-17(23)16(20-14-5-4-6-18-11-14)8-15(21-22)13-7-12(2)9-19-10-13/h4-11,20H,3H2,1-2H3. The molecule has 6 heteroatoms. The molecule has 1 N–H and O–H groups in total. The molecule has 3 aromatic heterocycles. The van der Waals surface area contributed by atoms with Crippen LogP contribution in [0.4, 0.5) is 11.4 Å². The van der Waals surface area contributed by atoms with E-state index in [-0.39, 0.29) is 5.56 Å². The second-order valence-electron chi connectivity index (χ2n) is 5.18. The molecule has 3 rings (SSSR count). The van der Waals surface area contributed by atoms with Crippen molar-refractivity contribution in [2.45, 2.75) is 20.4 Å². The first-order valence-corrected chi connectivity index (χ1v) is 7.38. The second kappa shape index (κ2) is 6.39. The number of pyridine rings is 2. The maximum absolute atomic E-state index is 12.5. The Hall–Kier alpha value is -3.02. The number of nitrogens with zero attached hydrogens (tertiary/aromatic N) is 4. The molecule has 0 fully saturated rings. The fraction of sp³-hybridized carbons (Fsp3) is 0.176. The second-order valence-corrected chi connectivity index (χ2v) is 5.18. The lowest BCUT2D eigenvalue weighted by Crippen LogP contribution is -2.24. The molecule has 0 unspecified atom stereocenters. The van der Waals surface area contributed by atoms with Gasteiger partial charge >= 0.3 is 0 Å². The van der Waals surface area contributed by atoms with Crippen LogP contribution in [-0.2, 0) is 6.54 Å². The highest BCUT2D eigenvalue weighted by Crippen LogP contribution is 2.20. The highest BCUT2D eigenvalue weighted by molar-refractivity contribution is 5.66. The highest BCUT2D eigenvalue weighted by Gasteiger charge is 2.10. The molecule has 0 saturated carbocycles. The third-order valence-corrected chi connectivity index (χ3v) is 3.39. The molecule has 0 radical (unpaired) electrons. The molecule has 0 aliphatic carbocycles. The molecule has 0 aromatic carbocycles. The molecule has 23 heavy (non-hydrogen) atoms. The largest absolute Gasteiger partial charge is 0.350 e. The zero-order valence-electron chi connectivity index (χ0n) is 13.0. The van der Waals surface area contributed by atoms with Crippen LogP contribution in [0.2, 0.25) is 0 Å². The first kappa shape index (κ1) is 14.9. The van der Waals surface area contributed by atoms with Gasteiger partial charge in [-0.3, -0.25) is 14.8 Å². The average Bonchev–Trinajstić information content (AvgIpc) is 2.57. The van der Waals surface area contributed by atoms with Gasteiger partial charge in [-0.2, -0.15) is 5.10 Å². The summed E-state index contributed by atoms with van der Waals surface area (Å²) in [4.78, 5) is 20.7. The Labute approximate surface area is 133 Å². The molecule has 0 amide bonds. The van der Waals surface area contributed by atoms with Crippen molar-refractivity contribution in [3.63, 3.8) is 0 Å². The van der Waals surface area contributed by atoms with E-state index in [1.165, 1.54) is 4.68 Å². The van der Waals surface area contributed by atoms with E-state index in [9.17, 15) is 4.79 Å². The summed E-state index contributed by atoms with van der Waals surface area (Å²) in [5.41, 5.74) is 3.68. The minimum atomic E-state index is -0.166. The van der Waals surface area contributed by atoms with Crippen molar-refractivity contribution in [2.75, 3.05) is 5.32 Å². The average molecular weight is 307 g/mol. The Morgan fingerprint density at radius 2 is 2.04 bits per heavy atom. The lowest BCUT2D eigenvalue weighted by atomic mass is 10.1. The maximum Gasteiger partial charge on any atom is 0.290 e. The molecule has 116 valence electrons. The van der Waals surface area contributed by atoms with E-state index >= 15 is 0 Å². The number of rotatable bonds is 4. The molecule has 0 saturated heterocycles. The Morgan fingerprint density at radius 1 is 1.17 bits per heavy atom. The minimum absolute atomic E-state index is 0.166. The summed E-state index contributed by atoms with van der Waals surface area (Å²) in [5.74, 6) is 0. The van der Waals surface area contributed by atoms with Crippen molar-refractivity contribution in [1.29, 1.82) is 0 Å². The first-order valence-electron chi connectivity index (χ1n) is 7.38. The molecule has 0 aliphatic heterocycles. The predicted octanol–water partition coefficient (Wildman–Crippen LogP) is 2.77. The Balaban J connectivity index is 2.09. The minimum Gasteiger partial charge on any atom is -0.350 e. The van der Waals surface area contributed by atoms with Crippen LogP contribution in [0.5, 0.6) is 0 Å². The highest BCUT2D eigenvalue weighted by atomic mass is 16.1. The van der Waals surface area contributed by atoms with Crippen LogP contribution in [0.15, 0.2) is 53.8 Å². The molecule has 0 bridgehead atoms. The summed E-state index contributed by atoms with van der Waals surface area (Å²) >= 11 is 0. The molecule has 3 heterocycles. The summed E-state index contributed by atoms with van der Waals surface area (Å²) in [6.45, 7) is 4.36. The maximum atomic E-state index is 12.5. The van der Waals surface area contributed by atoms with Crippen molar-refractivity contribution in [3.05, 3.63) is 65.0 Å². The van der Waals surface area contributed by atoms with Crippen LogP contribution in [0.25, 0.3) is 11.3 Å². The van der Waals surface area contributed by atoms with E-state index in [1.54, 1.807) is 30.9 Å². The topological polar surface area (TPSA) is 72.7 Å². The van der Waals surface area contributed by atoms with Gasteiger partial charge < -0.3 is 5.32 Å². The van der Waals surface area contributed by atoms with Crippen molar-refractivity contribution >= 4 is 11.4 Å². The third kappa shape index (κ3) is 3.26. The number of aromatic nitrogens is 4. The molecule has 0 aliphatic rings. The lowest BCUT2D eigenvalue weighted by molar-refractivity contribution is 0.621. The van der Waals surface area contributed by atoms with Crippen LogP contribution in [-0.4, -0.2) is 19.7 Å². The van der Waals surface area contributed by atoms with Crippen LogP contribution in [0.1, 0.15) is 12.5 Å². The normalized spacial score (nSPS) is 10.5.